The van der Waals surface area contributed by atoms with Crippen LogP contribution >= 0.6 is 12.2 Å². The molecule has 0 amide bonds. The van der Waals surface area contributed by atoms with Gasteiger partial charge in [0, 0.05) is 31.9 Å². The standard InChI is InChI=1S/C9H14N4O2S2/c10-9(16)3-5-13(17(11,14)15)7-8-2-1-4-12-6-8/h1-2,4,6H,3,5,7H2,(H2,10,16)(H2,11,14,15). The van der Waals surface area contributed by atoms with E-state index >= 15 is 0 Å². The number of hydrogen-bond acceptors (Lipinski definition) is 4. The number of rotatable bonds is 6. The SMILES string of the molecule is NC(=S)CCN(Cc1cccnc1)S(N)(=O)=O. The van der Waals surface area contributed by atoms with Crippen LogP contribution in [0.5, 0.6) is 0 Å². The molecule has 0 unspecified atom stereocenters. The van der Waals surface area contributed by atoms with Crippen molar-refractivity contribution in [3.63, 3.8) is 0 Å². The van der Waals surface area contributed by atoms with Crippen molar-refractivity contribution < 1.29 is 8.42 Å². The van der Waals surface area contributed by atoms with Crippen LogP contribution < -0.4 is 10.9 Å². The number of nitrogens with two attached hydrogens (primary N) is 2. The first kappa shape index (κ1) is 14.0. The molecule has 1 aromatic rings. The Morgan fingerprint density at radius 2 is 2.24 bits per heavy atom. The van der Waals surface area contributed by atoms with Gasteiger partial charge >= 0.3 is 0 Å². The summed E-state index contributed by atoms with van der Waals surface area (Å²) < 4.78 is 23.8. The minimum Gasteiger partial charge on any atom is -0.393 e. The van der Waals surface area contributed by atoms with Crippen molar-refractivity contribution in [3.05, 3.63) is 30.1 Å². The molecule has 4 N–H and O–H groups in total. The highest BCUT2D eigenvalue weighted by molar-refractivity contribution is 7.86. The van der Waals surface area contributed by atoms with Crippen LogP contribution in [0.1, 0.15) is 12.0 Å². The summed E-state index contributed by atoms with van der Waals surface area (Å²) >= 11 is 4.70. The molecule has 0 aliphatic heterocycles. The third-order valence-corrected chi connectivity index (χ3v) is 3.28. The molecule has 0 bridgehead atoms. The predicted molar refractivity (Wildman–Crippen MR) is 69.2 cm³/mol. The normalized spacial score (nSPS) is 11.6. The molecule has 0 fully saturated rings. The summed E-state index contributed by atoms with van der Waals surface area (Å²) in [6, 6.07) is 3.50. The maximum absolute atomic E-state index is 11.3. The average molecular weight is 274 g/mol. The summed E-state index contributed by atoms with van der Waals surface area (Å²) in [4.78, 5) is 4.16. The zero-order valence-electron chi connectivity index (χ0n) is 9.11. The van der Waals surface area contributed by atoms with E-state index in [0.717, 1.165) is 9.87 Å². The van der Waals surface area contributed by atoms with E-state index in [9.17, 15) is 8.42 Å². The first-order valence-corrected chi connectivity index (χ1v) is 6.76. The second-order valence-electron chi connectivity index (χ2n) is 3.46. The van der Waals surface area contributed by atoms with Crippen molar-refractivity contribution in [2.75, 3.05) is 6.54 Å². The topological polar surface area (TPSA) is 102 Å². The van der Waals surface area contributed by atoms with Crippen molar-refractivity contribution in [1.82, 2.24) is 9.29 Å². The monoisotopic (exact) mass is 274 g/mol. The third kappa shape index (κ3) is 5.18. The number of thiocarbonyl (C=S) groups is 1. The maximum atomic E-state index is 11.3. The van der Waals surface area contributed by atoms with Crippen LogP contribution in [0.2, 0.25) is 0 Å². The van der Waals surface area contributed by atoms with Gasteiger partial charge in [-0.2, -0.15) is 12.7 Å². The largest absolute Gasteiger partial charge is 0.393 e. The van der Waals surface area contributed by atoms with E-state index in [4.69, 9.17) is 23.1 Å². The summed E-state index contributed by atoms with van der Waals surface area (Å²) in [5.74, 6) is 0. The molecule has 0 aliphatic rings. The molecule has 94 valence electrons. The highest BCUT2D eigenvalue weighted by atomic mass is 32.2. The molecule has 6 nitrogen and oxygen atoms in total. The fraction of sp³-hybridized carbons (Fsp3) is 0.333. The van der Waals surface area contributed by atoms with E-state index in [1.54, 1.807) is 24.5 Å². The lowest BCUT2D eigenvalue weighted by Crippen LogP contribution is -2.38. The second kappa shape index (κ2) is 6.01. The van der Waals surface area contributed by atoms with Gasteiger partial charge in [0.15, 0.2) is 0 Å². The molecule has 0 spiro atoms. The Balaban J connectivity index is 2.75. The van der Waals surface area contributed by atoms with Crippen LogP contribution in [0.3, 0.4) is 0 Å². The van der Waals surface area contributed by atoms with Crippen LogP contribution in [-0.2, 0) is 16.8 Å². The highest BCUT2D eigenvalue weighted by Gasteiger charge is 2.17. The molecule has 1 rings (SSSR count). The molecule has 17 heavy (non-hydrogen) atoms. The molecule has 0 saturated carbocycles. The lowest BCUT2D eigenvalue weighted by atomic mass is 10.3. The molecule has 0 aliphatic carbocycles. The molecule has 0 radical (unpaired) electrons. The van der Waals surface area contributed by atoms with Crippen LogP contribution in [0.4, 0.5) is 0 Å². The lowest BCUT2D eigenvalue weighted by Gasteiger charge is -2.18. The van der Waals surface area contributed by atoms with Gasteiger partial charge in [0.2, 0.25) is 0 Å². The van der Waals surface area contributed by atoms with Crippen LogP contribution in [0, 0.1) is 0 Å². The van der Waals surface area contributed by atoms with E-state index in [1.807, 2.05) is 0 Å². The van der Waals surface area contributed by atoms with Gasteiger partial charge < -0.3 is 5.73 Å². The van der Waals surface area contributed by atoms with Gasteiger partial charge in [-0.25, -0.2) is 5.14 Å². The smallest absolute Gasteiger partial charge is 0.277 e. The Kier molecular flexibility index (Phi) is 4.94. The third-order valence-electron chi connectivity index (χ3n) is 2.05. The quantitative estimate of drug-likeness (QED) is 0.697. The van der Waals surface area contributed by atoms with Gasteiger partial charge in [-0.1, -0.05) is 18.3 Å². The number of hydrogen-bond donors (Lipinski definition) is 2. The van der Waals surface area contributed by atoms with Crippen molar-refractivity contribution in [2.45, 2.75) is 13.0 Å². The van der Waals surface area contributed by atoms with E-state index in [-0.39, 0.29) is 18.1 Å². The molecule has 8 heteroatoms. The second-order valence-corrected chi connectivity index (χ2v) is 5.53. The Morgan fingerprint density at radius 1 is 1.53 bits per heavy atom. The van der Waals surface area contributed by atoms with Gasteiger partial charge in [0.05, 0.1) is 4.99 Å². The Bertz CT molecular complexity index is 475. The first-order chi connectivity index (χ1) is 7.89. The van der Waals surface area contributed by atoms with E-state index < -0.39 is 10.2 Å². The average Bonchev–Trinajstić information content (AvgIpc) is 2.23. The summed E-state index contributed by atoms with van der Waals surface area (Å²) in [6.45, 7) is 0.332. The van der Waals surface area contributed by atoms with Crippen molar-refractivity contribution in [2.24, 2.45) is 10.9 Å². The van der Waals surface area contributed by atoms with Crippen LogP contribution in [0.15, 0.2) is 24.5 Å². The van der Waals surface area contributed by atoms with Gasteiger partial charge in [0.1, 0.15) is 0 Å². The number of nitrogens with zero attached hydrogens (tertiary/aromatic N) is 2. The summed E-state index contributed by atoms with van der Waals surface area (Å²) in [7, 11) is -3.77. The highest BCUT2D eigenvalue weighted by Crippen LogP contribution is 2.06. The molecule has 0 saturated heterocycles. The molecular weight excluding hydrogens is 260 g/mol. The van der Waals surface area contributed by atoms with Gasteiger partial charge in [-0.05, 0) is 11.6 Å². The van der Waals surface area contributed by atoms with E-state index in [2.05, 4.69) is 4.98 Å². The number of pyridine rings is 1. The zero-order valence-corrected chi connectivity index (χ0v) is 10.7. The van der Waals surface area contributed by atoms with E-state index in [0.29, 0.717) is 6.42 Å². The Morgan fingerprint density at radius 3 is 2.71 bits per heavy atom. The molecule has 0 atom stereocenters. The Hall–Kier alpha value is -1.09. The van der Waals surface area contributed by atoms with Gasteiger partial charge in [0.25, 0.3) is 10.2 Å². The van der Waals surface area contributed by atoms with Gasteiger partial charge in [-0.3, -0.25) is 4.98 Å². The fourth-order valence-electron chi connectivity index (χ4n) is 1.23. The zero-order chi connectivity index (χ0) is 12.9. The predicted octanol–water partition coefficient (Wildman–Crippen LogP) is -0.237. The Labute approximate surface area is 106 Å². The van der Waals surface area contributed by atoms with Gasteiger partial charge in [-0.15, -0.1) is 0 Å². The first-order valence-electron chi connectivity index (χ1n) is 4.84. The van der Waals surface area contributed by atoms with Crippen LogP contribution in [-0.4, -0.2) is 29.2 Å². The fourth-order valence-corrected chi connectivity index (χ4v) is 1.99. The minimum absolute atomic E-state index is 0.162. The molecule has 1 heterocycles. The summed E-state index contributed by atoms with van der Waals surface area (Å²) in [5, 5.41) is 5.11. The number of aromatic nitrogens is 1. The summed E-state index contributed by atoms with van der Waals surface area (Å²) in [5.41, 5.74) is 6.09. The van der Waals surface area contributed by atoms with E-state index in [1.165, 1.54) is 0 Å². The molecule has 0 aromatic carbocycles. The van der Waals surface area contributed by atoms with Crippen molar-refractivity contribution in [3.8, 4) is 0 Å². The van der Waals surface area contributed by atoms with Crippen molar-refractivity contribution in [1.29, 1.82) is 0 Å². The summed E-state index contributed by atoms with van der Waals surface area (Å²) in [6.07, 6.45) is 3.49. The molecular formula is C9H14N4O2S2. The lowest BCUT2D eigenvalue weighted by molar-refractivity contribution is 0.416. The maximum Gasteiger partial charge on any atom is 0.277 e. The van der Waals surface area contributed by atoms with Crippen molar-refractivity contribution >= 4 is 27.4 Å². The molecule has 1 aromatic heterocycles. The van der Waals surface area contributed by atoms with Crippen LogP contribution in [0.25, 0.3) is 0 Å². The minimum atomic E-state index is -3.77.